The Hall–Kier alpha value is -1.94. The smallest absolute Gasteiger partial charge is 0.131 e. The molecule has 1 aromatic heterocycles. The van der Waals surface area contributed by atoms with E-state index in [9.17, 15) is 0 Å². The molecule has 3 nitrogen and oxygen atoms in total. The quantitative estimate of drug-likeness (QED) is 0.843. The van der Waals surface area contributed by atoms with Gasteiger partial charge in [-0.1, -0.05) is 30.4 Å². The van der Waals surface area contributed by atoms with E-state index in [2.05, 4.69) is 4.98 Å². The Balaban J connectivity index is 2.28. The summed E-state index contributed by atoms with van der Waals surface area (Å²) < 4.78 is 5.74. The van der Waals surface area contributed by atoms with E-state index in [1.54, 1.807) is 18.3 Å². The minimum atomic E-state index is 0.264. The van der Waals surface area contributed by atoms with Crippen LogP contribution < -0.4 is 10.5 Å². The van der Waals surface area contributed by atoms with Crippen molar-refractivity contribution in [1.29, 1.82) is 0 Å². The zero-order valence-corrected chi connectivity index (χ0v) is 10.2. The molecule has 0 atom stereocenters. The van der Waals surface area contributed by atoms with Gasteiger partial charge in [0, 0.05) is 12.3 Å². The first-order valence-corrected chi connectivity index (χ1v) is 5.57. The molecule has 0 saturated heterocycles. The lowest BCUT2D eigenvalue weighted by Gasteiger charge is -2.08. The van der Waals surface area contributed by atoms with Gasteiger partial charge < -0.3 is 10.5 Å². The molecule has 0 unspecified atom stereocenters. The Morgan fingerprint density at radius 2 is 2.06 bits per heavy atom. The molecule has 0 aliphatic carbocycles. The molecule has 0 aliphatic rings. The summed E-state index contributed by atoms with van der Waals surface area (Å²) in [6, 6.07) is 11.3. The van der Waals surface area contributed by atoms with E-state index in [0.29, 0.717) is 11.4 Å². The molecule has 0 fully saturated rings. The van der Waals surface area contributed by atoms with Crippen molar-refractivity contribution in [2.24, 2.45) is 5.73 Å². The molecular formula is C13H12N2OS. The van der Waals surface area contributed by atoms with Gasteiger partial charge in [0.05, 0.1) is 0 Å². The van der Waals surface area contributed by atoms with Gasteiger partial charge >= 0.3 is 0 Å². The average molecular weight is 244 g/mol. The van der Waals surface area contributed by atoms with E-state index in [4.69, 9.17) is 22.7 Å². The van der Waals surface area contributed by atoms with Crippen LogP contribution in [0.3, 0.4) is 0 Å². The molecule has 0 bridgehead atoms. The number of para-hydroxylation sites is 1. The molecule has 1 aromatic carbocycles. The van der Waals surface area contributed by atoms with Gasteiger partial charge in [-0.3, -0.25) is 4.98 Å². The summed E-state index contributed by atoms with van der Waals surface area (Å²) in [7, 11) is 0. The van der Waals surface area contributed by atoms with Gasteiger partial charge in [-0.05, 0) is 24.6 Å². The Bertz CT molecular complexity index is 555. The first-order chi connectivity index (χ1) is 8.16. The molecule has 0 saturated carbocycles. The van der Waals surface area contributed by atoms with Gasteiger partial charge in [-0.25, -0.2) is 0 Å². The Morgan fingerprint density at radius 3 is 2.76 bits per heavy atom. The molecule has 0 amide bonds. The van der Waals surface area contributed by atoms with Crippen LogP contribution in [0.15, 0.2) is 42.6 Å². The van der Waals surface area contributed by atoms with Crippen molar-refractivity contribution in [1.82, 2.24) is 4.98 Å². The Morgan fingerprint density at radius 1 is 1.29 bits per heavy atom. The van der Waals surface area contributed by atoms with E-state index in [1.807, 2.05) is 31.2 Å². The van der Waals surface area contributed by atoms with E-state index in [1.165, 1.54) is 0 Å². The van der Waals surface area contributed by atoms with Crippen molar-refractivity contribution in [2.75, 3.05) is 0 Å². The second-order valence-corrected chi connectivity index (χ2v) is 4.05. The normalized spacial score (nSPS) is 9.94. The van der Waals surface area contributed by atoms with Crippen molar-refractivity contribution >= 4 is 17.2 Å². The molecule has 86 valence electrons. The van der Waals surface area contributed by atoms with Crippen molar-refractivity contribution in [2.45, 2.75) is 6.92 Å². The molecule has 0 spiro atoms. The SMILES string of the molecule is Cc1ccccc1Oc1ccnc(C(N)=S)c1. The third-order valence-corrected chi connectivity index (χ3v) is 2.51. The van der Waals surface area contributed by atoms with Gasteiger partial charge in [-0.2, -0.15) is 0 Å². The fourth-order valence-corrected chi connectivity index (χ4v) is 1.52. The number of thiocarbonyl (C=S) groups is 1. The van der Waals surface area contributed by atoms with Gasteiger partial charge in [0.2, 0.25) is 0 Å². The summed E-state index contributed by atoms with van der Waals surface area (Å²) in [5.74, 6) is 1.49. The second-order valence-electron chi connectivity index (χ2n) is 3.61. The lowest BCUT2D eigenvalue weighted by atomic mass is 10.2. The Labute approximate surface area is 105 Å². The van der Waals surface area contributed by atoms with E-state index >= 15 is 0 Å². The fourth-order valence-electron chi connectivity index (χ4n) is 1.41. The number of hydrogen-bond acceptors (Lipinski definition) is 3. The standard InChI is InChI=1S/C13H12N2OS/c1-9-4-2-3-5-12(9)16-10-6-7-15-11(8-10)13(14)17/h2-8H,1H3,(H2,14,17). The van der Waals surface area contributed by atoms with Crippen LogP contribution >= 0.6 is 12.2 Å². The maximum Gasteiger partial charge on any atom is 0.131 e. The second kappa shape index (κ2) is 4.93. The zero-order chi connectivity index (χ0) is 12.3. The van der Waals surface area contributed by atoms with Crippen molar-refractivity contribution in [3.63, 3.8) is 0 Å². The Kier molecular flexibility index (Phi) is 3.35. The maximum absolute atomic E-state index is 5.74. The van der Waals surface area contributed by atoms with Crippen molar-refractivity contribution < 1.29 is 4.74 Å². The summed E-state index contributed by atoms with van der Waals surface area (Å²) in [6.07, 6.45) is 1.63. The van der Waals surface area contributed by atoms with Crippen molar-refractivity contribution in [3.8, 4) is 11.5 Å². The maximum atomic E-state index is 5.74. The summed E-state index contributed by atoms with van der Waals surface area (Å²) in [6.45, 7) is 1.99. The monoisotopic (exact) mass is 244 g/mol. The van der Waals surface area contributed by atoms with Gasteiger partial charge in [-0.15, -0.1) is 0 Å². The lowest BCUT2D eigenvalue weighted by Crippen LogP contribution is -2.11. The van der Waals surface area contributed by atoms with Crippen molar-refractivity contribution in [3.05, 3.63) is 53.9 Å². The highest BCUT2D eigenvalue weighted by Gasteiger charge is 2.03. The predicted molar refractivity (Wildman–Crippen MR) is 71.4 cm³/mol. The fraction of sp³-hybridized carbons (Fsp3) is 0.0769. The highest BCUT2D eigenvalue weighted by atomic mass is 32.1. The minimum Gasteiger partial charge on any atom is -0.457 e. The van der Waals surface area contributed by atoms with E-state index in [-0.39, 0.29) is 4.99 Å². The first kappa shape index (κ1) is 11.5. The molecule has 1 heterocycles. The number of aromatic nitrogens is 1. The number of pyridine rings is 1. The summed E-state index contributed by atoms with van der Waals surface area (Å²) >= 11 is 4.87. The molecule has 4 heteroatoms. The summed E-state index contributed by atoms with van der Waals surface area (Å²) in [5, 5.41) is 0. The minimum absolute atomic E-state index is 0.264. The highest BCUT2D eigenvalue weighted by Crippen LogP contribution is 2.24. The number of rotatable bonds is 3. The van der Waals surface area contributed by atoms with Crippen LogP contribution in [0.5, 0.6) is 11.5 Å². The summed E-state index contributed by atoms with van der Waals surface area (Å²) in [5.41, 5.74) is 7.15. The molecule has 2 rings (SSSR count). The third kappa shape index (κ3) is 2.79. The molecule has 0 radical (unpaired) electrons. The van der Waals surface area contributed by atoms with Gasteiger partial charge in [0.15, 0.2) is 0 Å². The number of ether oxygens (including phenoxy) is 1. The van der Waals surface area contributed by atoms with Crippen LogP contribution in [0.4, 0.5) is 0 Å². The average Bonchev–Trinajstić information content (AvgIpc) is 2.32. The van der Waals surface area contributed by atoms with Crippen LogP contribution in [0.1, 0.15) is 11.3 Å². The number of benzene rings is 1. The van der Waals surface area contributed by atoms with Crippen LogP contribution in [-0.2, 0) is 0 Å². The summed E-state index contributed by atoms with van der Waals surface area (Å²) in [4.78, 5) is 4.32. The molecule has 17 heavy (non-hydrogen) atoms. The number of nitrogens with zero attached hydrogens (tertiary/aromatic N) is 1. The van der Waals surface area contributed by atoms with Crippen LogP contribution in [0.2, 0.25) is 0 Å². The van der Waals surface area contributed by atoms with Crippen LogP contribution in [0, 0.1) is 6.92 Å². The molecule has 2 N–H and O–H groups in total. The highest BCUT2D eigenvalue weighted by molar-refractivity contribution is 7.80. The van der Waals surface area contributed by atoms with Crippen LogP contribution in [-0.4, -0.2) is 9.97 Å². The third-order valence-electron chi connectivity index (χ3n) is 2.31. The van der Waals surface area contributed by atoms with Gasteiger partial charge in [0.1, 0.15) is 22.2 Å². The molecular weight excluding hydrogens is 232 g/mol. The van der Waals surface area contributed by atoms with Gasteiger partial charge in [0.25, 0.3) is 0 Å². The van der Waals surface area contributed by atoms with E-state index in [0.717, 1.165) is 11.3 Å². The number of nitrogens with two attached hydrogens (primary N) is 1. The molecule has 2 aromatic rings. The predicted octanol–water partition coefficient (Wildman–Crippen LogP) is 2.82. The topological polar surface area (TPSA) is 48.1 Å². The number of hydrogen-bond donors (Lipinski definition) is 1. The first-order valence-electron chi connectivity index (χ1n) is 5.16. The molecule has 0 aliphatic heterocycles. The van der Waals surface area contributed by atoms with Crippen LogP contribution in [0.25, 0.3) is 0 Å². The van der Waals surface area contributed by atoms with E-state index < -0.39 is 0 Å². The zero-order valence-electron chi connectivity index (χ0n) is 9.38. The number of aryl methyl sites for hydroxylation is 1. The largest absolute Gasteiger partial charge is 0.457 e. The lowest BCUT2D eigenvalue weighted by molar-refractivity contribution is 0.478.